The number of rotatable bonds is 7. The first kappa shape index (κ1) is 39.0. The summed E-state index contributed by atoms with van der Waals surface area (Å²) in [5, 5.41) is 7.09. The fourth-order valence-electron chi connectivity index (χ4n) is 11.0. The quantitative estimate of drug-likeness (QED) is 0.159. The van der Waals surface area contributed by atoms with Crippen molar-refractivity contribution < 1.29 is 4.42 Å². The van der Waals surface area contributed by atoms with Crippen LogP contribution in [-0.2, 0) is 5.41 Å². The van der Waals surface area contributed by atoms with E-state index in [1.165, 1.54) is 54.9 Å². The first-order chi connectivity index (χ1) is 33.0. The third-order valence-electron chi connectivity index (χ3n) is 14.3. The van der Waals surface area contributed by atoms with Crippen molar-refractivity contribution in [2.75, 3.05) is 4.90 Å². The van der Waals surface area contributed by atoms with E-state index in [-0.39, 0.29) is 5.41 Å². The monoisotopic (exact) mass is 855 g/mol. The number of nitrogens with zero attached hydrogens (tertiary/aromatic N) is 1. The Bertz CT molecular complexity index is 3870. The molecule has 0 unspecified atom stereocenters. The minimum absolute atomic E-state index is 0.188. The van der Waals surface area contributed by atoms with Crippen molar-refractivity contribution in [2.24, 2.45) is 0 Å². The Morgan fingerprint density at radius 3 is 1.72 bits per heavy atom. The summed E-state index contributed by atoms with van der Waals surface area (Å²) in [6, 6.07) is 86.3. The van der Waals surface area contributed by atoms with E-state index < -0.39 is 0 Å². The number of fused-ring (bicyclic) bond motifs is 9. The van der Waals surface area contributed by atoms with Gasteiger partial charge in [-0.3, -0.25) is 0 Å². The standard InChI is InChI=1S/C65H45NO/c1-65(2)58-29-14-13-26-53(58)54-37-36-49(41-59(54)65)66(61-30-16-28-55-62-52-25-12-10-22-48(52)40-57(64(62)67-63(55)61)45-19-7-4-8-20-45)60-38-35-47(39-56(60)44-17-5-3-6-18-44)42-31-33-46(34-32-42)51-27-15-23-43-21-9-11-24-50(43)51/h3-41H,1-2H3. The topological polar surface area (TPSA) is 16.4 Å². The maximum atomic E-state index is 7.36. The van der Waals surface area contributed by atoms with Crippen LogP contribution in [0.4, 0.5) is 17.1 Å². The zero-order valence-electron chi connectivity index (χ0n) is 37.4. The molecule has 0 N–H and O–H groups in total. The zero-order valence-corrected chi connectivity index (χ0v) is 37.4. The van der Waals surface area contributed by atoms with E-state index in [1.807, 2.05) is 0 Å². The summed E-state index contributed by atoms with van der Waals surface area (Å²) < 4.78 is 7.36. The highest BCUT2D eigenvalue weighted by molar-refractivity contribution is 6.24. The van der Waals surface area contributed by atoms with Crippen molar-refractivity contribution in [1.29, 1.82) is 0 Å². The Hall–Kier alpha value is -8.46. The summed E-state index contributed by atoms with van der Waals surface area (Å²) in [5.74, 6) is 0. The van der Waals surface area contributed by atoms with Gasteiger partial charge in [0.15, 0.2) is 5.58 Å². The van der Waals surface area contributed by atoms with Crippen molar-refractivity contribution >= 4 is 60.5 Å². The summed E-state index contributed by atoms with van der Waals surface area (Å²) in [4.78, 5) is 2.45. The smallest absolute Gasteiger partial charge is 0.159 e. The average Bonchev–Trinajstić information content (AvgIpc) is 3.90. The lowest BCUT2D eigenvalue weighted by Gasteiger charge is -2.30. The van der Waals surface area contributed by atoms with E-state index in [9.17, 15) is 0 Å². The van der Waals surface area contributed by atoms with Gasteiger partial charge in [0.05, 0.1) is 11.4 Å². The van der Waals surface area contributed by atoms with E-state index >= 15 is 0 Å². The van der Waals surface area contributed by atoms with E-state index in [2.05, 4.69) is 255 Å². The van der Waals surface area contributed by atoms with Crippen LogP contribution < -0.4 is 4.90 Å². The molecule has 0 saturated carbocycles. The maximum Gasteiger partial charge on any atom is 0.159 e. The van der Waals surface area contributed by atoms with Gasteiger partial charge in [-0.25, -0.2) is 0 Å². The van der Waals surface area contributed by atoms with Gasteiger partial charge in [0.2, 0.25) is 0 Å². The molecule has 0 spiro atoms. The van der Waals surface area contributed by atoms with Crippen molar-refractivity contribution in [3.05, 3.63) is 248 Å². The fraction of sp³-hybridized carbons (Fsp3) is 0.0462. The maximum absolute atomic E-state index is 7.36. The number of hydrogen-bond acceptors (Lipinski definition) is 2. The highest BCUT2D eigenvalue weighted by atomic mass is 16.3. The lowest BCUT2D eigenvalue weighted by molar-refractivity contribution is 0.660. The molecule has 13 rings (SSSR count). The molecule has 0 fully saturated rings. The second-order valence-electron chi connectivity index (χ2n) is 18.4. The van der Waals surface area contributed by atoms with Crippen LogP contribution in [-0.4, -0.2) is 0 Å². The van der Waals surface area contributed by atoms with Gasteiger partial charge in [-0.2, -0.15) is 0 Å². The largest absolute Gasteiger partial charge is 0.453 e. The fourth-order valence-corrected chi connectivity index (χ4v) is 11.0. The first-order valence-corrected chi connectivity index (χ1v) is 23.2. The molecule has 2 nitrogen and oxygen atoms in total. The van der Waals surface area contributed by atoms with E-state index in [0.717, 1.165) is 72.4 Å². The van der Waals surface area contributed by atoms with Gasteiger partial charge < -0.3 is 9.32 Å². The van der Waals surface area contributed by atoms with Gasteiger partial charge in [0, 0.05) is 33.0 Å². The minimum Gasteiger partial charge on any atom is -0.453 e. The molecule has 1 aliphatic carbocycles. The molecule has 11 aromatic carbocycles. The highest BCUT2D eigenvalue weighted by Gasteiger charge is 2.36. The van der Waals surface area contributed by atoms with Crippen LogP contribution in [0, 0.1) is 0 Å². The van der Waals surface area contributed by atoms with E-state index in [1.54, 1.807) is 0 Å². The number of furan rings is 1. The lowest BCUT2D eigenvalue weighted by Crippen LogP contribution is -2.17. The highest BCUT2D eigenvalue weighted by Crippen LogP contribution is 2.53. The normalized spacial score (nSPS) is 12.7. The van der Waals surface area contributed by atoms with Gasteiger partial charge >= 0.3 is 0 Å². The third-order valence-corrected chi connectivity index (χ3v) is 14.3. The molecular weight excluding hydrogens is 811 g/mol. The zero-order chi connectivity index (χ0) is 44.6. The van der Waals surface area contributed by atoms with Crippen LogP contribution in [0.5, 0.6) is 0 Å². The van der Waals surface area contributed by atoms with Crippen LogP contribution in [0.1, 0.15) is 25.0 Å². The molecule has 1 heterocycles. The summed E-state index contributed by atoms with van der Waals surface area (Å²) >= 11 is 0. The number of benzene rings is 11. The third kappa shape index (κ3) is 6.25. The average molecular weight is 856 g/mol. The number of hydrogen-bond donors (Lipinski definition) is 0. The molecule has 0 atom stereocenters. The molecule has 67 heavy (non-hydrogen) atoms. The summed E-state index contributed by atoms with van der Waals surface area (Å²) in [6.07, 6.45) is 0. The van der Waals surface area contributed by atoms with Crippen LogP contribution in [0.3, 0.4) is 0 Å². The van der Waals surface area contributed by atoms with Crippen molar-refractivity contribution in [3.63, 3.8) is 0 Å². The molecule has 12 aromatic rings. The van der Waals surface area contributed by atoms with Gasteiger partial charge in [-0.15, -0.1) is 0 Å². The predicted molar refractivity (Wildman–Crippen MR) is 283 cm³/mol. The molecule has 0 amide bonds. The molecule has 0 radical (unpaired) electrons. The van der Waals surface area contributed by atoms with Crippen LogP contribution in [0.15, 0.2) is 241 Å². The summed E-state index contributed by atoms with van der Waals surface area (Å²) in [5.41, 5.74) is 19.2. The van der Waals surface area contributed by atoms with Gasteiger partial charge in [-0.1, -0.05) is 214 Å². The molecule has 316 valence electrons. The Morgan fingerprint density at radius 1 is 0.328 bits per heavy atom. The van der Waals surface area contributed by atoms with Crippen LogP contribution in [0.2, 0.25) is 0 Å². The first-order valence-electron chi connectivity index (χ1n) is 23.2. The predicted octanol–water partition coefficient (Wildman–Crippen LogP) is 18.3. The molecule has 1 aromatic heterocycles. The van der Waals surface area contributed by atoms with Gasteiger partial charge in [0.25, 0.3) is 0 Å². The Labute approximate surface area is 390 Å². The molecular formula is C65H45NO. The molecule has 0 aliphatic heterocycles. The van der Waals surface area contributed by atoms with Crippen LogP contribution >= 0.6 is 0 Å². The number of para-hydroxylation sites is 1. The van der Waals surface area contributed by atoms with E-state index in [0.29, 0.717) is 0 Å². The SMILES string of the molecule is CC1(C)c2ccccc2-c2ccc(N(c3ccc(-c4ccc(-c5cccc6ccccc56)cc4)cc3-c3ccccc3)c3cccc4c3oc3c(-c5ccccc5)cc5ccccc5c34)cc21. The van der Waals surface area contributed by atoms with E-state index in [4.69, 9.17) is 4.42 Å². The van der Waals surface area contributed by atoms with Crippen LogP contribution in [0.25, 0.3) is 99.1 Å². The van der Waals surface area contributed by atoms with Crippen molar-refractivity contribution in [1.82, 2.24) is 0 Å². The minimum atomic E-state index is -0.188. The number of anilines is 3. The lowest BCUT2D eigenvalue weighted by atomic mass is 9.82. The van der Waals surface area contributed by atoms with Crippen molar-refractivity contribution in [2.45, 2.75) is 19.3 Å². The second-order valence-corrected chi connectivity index (χ2v) is 18.4. The summed E-state index contributed by atoms with van der Waals surface area (Å²) in [7, 11) is 0. The van der Waals surface area contributed by atoms with Gasteiger partial charge in [-0.05, 0) is 114 Å². The van der Waals surface area contributed by atoms with Crippen molar-refractivity contribution in [3.8, 4) is 55.6 Å². The molecule has 0 saturated heterocycles. The molecule has 0 bridgehead atoms. The second kappa shape index (κ2) is 15.3. The molecule has 2 heteroatoms. The Balaban J connectivity index is 1.05. The Kier molecular flexibility index (Phi) is 8.91. The molecule has 1 aliphatic rings. The Morgan fingerprint density at radius 2 is 0.910 bits per heavy atom. The summed E-state index contributed by atoms with van der Waals surface area (Å²) in [6.45, 7) is 4.72. The van der Waals surface area contributed by atoms with Gasteiger partial charge in [0.1, 0.15) is 5.58 Å².